The molecule has 2 saturated heterocycles. The van der Waals surface area contributed by atoms with Crippen LogP contribution in [-0.2, 0) is 34.4 Å². The quantitative estimate of drug-likeness (QED) is 0.391. The maximum absolute atomic E-state index is 13.8. The summed E-state index contributed by atoms with van der Waals surface area (Å²) in [5.41, 5.74) is 5.31. The second kappa shape index (κ2) is 12.1. The van der Waals surface area contributed by atoms with E-state index in [4.69, 9.17) is 9.57 Å². The molecule has 3 aromatic rings. The van der Waals surface area contributed by atoms with Crippen LogP contribution < -0.4 is 5.48 Å². The smallest absolute Gasteiger partial charge is 0.263 e. The standard InChI is InChI=1S/C27H31N3O7S3/c1-39(32,33)29-16-17-30(23(19-29)27(31)28-37-25-9-5-6-18-36-25)40(34,35)26-15-14-24(38-26)22-12-10-21(11-13-22)20-7-3-2-4-8-20/h2-4,7-8,10-15,23,25H,5-6,9,16-19H2,1H3,(H,28,31). The molecule has 3 heterocycles. The fraction of sp³-hybridized carbons (Fsp3) is 0.370. The number of thiophene rings is 1. The van der Waals surface area contributed by atoms with Crippen molar-refractivity contribution >= 4 is 37.3 Å². The molecule has 1 amide bonds. The number of carbonyl (C=O) groups is 1. The molecule has 0 spiro atoms. The third-order valence-electron chi connectivity index (χ3n) is 6.92. The molecular formula is C27H31N3O7S3. The third-order valence-corrected chi connectivity index (χ3v) is 11.7. The van der Waals surface area contributed by atoms with Gasteiger partial charge in [0.2, 0.25) is 10.0 Å². The number of sulfonamides is 2. The monoisotopic (exact) mass is 605 g/mol. The fourth-order valence-corrected chi connectivity index (χ4v) is 8.56. The molecule has 2 fully saturated rings. The first-order chi connectivity index (χ1) is 19.1. The van der Waals surface area contributed by atoms with Crippen LogP contribution in [0, 0.1) is 0 Å². The molecule has 13 heteroatoms. The van der Waals surface area contributed by atoms with Crippen molar-refractivity contribution in [2.24, 2.45) is 0 Å². The second-order valence-electron chi connectivity index (χ2n) is 9.69. The van der Waals surface area contributed by atoms with Gasteiger partial charge in [0, 0.05) is 37.5 Å². The summed E-state index contributed by atoms with van der Waals surface area (Å²) in [5.74, 6) is -0.751. The highest BCUT2D eigenvalue weighted by Gasteiger charge is 2.43. The number of carbonyl (C=O) groups excluding carboxylic acids is 1. The summed E-state index contributed by atoms with van der Waals surface area (Å²) < 4.78 is 59.7. The Hall–Kier alpha value is -2.65. The molecule has 40 heavy (non-hydrogen) atoms. The number of amides is 1. The Bertz CT molecular complexity index is 1540. The lowest BCUT2D eigenvalue weighted by atomic mass is 10.0. The van der Waals surface area contributed by atoms with Crippen LogP contribution in [0.25, 0.3) is 21.6 Å². The molecule has 0 aliphatic carbocycles. The molecule has 1 N–H and O–H groups in total. The minimum atomic E-state index is -4.12. The molecule has 0 bridgehead atoms. The van der Waals surface area contributed by atoms with Gasteiger partial charge in [0.05, 0.1) is 6.26 Å². The maximum Gasteiger partial charge on any atom is 0.263 e. The summed E-state index contributed by atoms with van der Waals surface area (Å²) in [4.78, 5) is 19.3. The highest BCUT2D eigenvalue weighted by molar-refractivity contribution is 7.91. The number of nitrogens with zero attached hydrogens (tertiary/aromatic N) is 2. The van der Waals surface area contributed by atoms with Crippen molar-refractivity contribution in [2.45, 2.75) is 35.8 Å². The Kier molecular flexibility index (Phi) is 8.71. The molecule has 1 aromatic heterocycles. The van der Waals surface area contributed by atoms with Gasteiger partial charge in [0.15, 0.2) is 6.29 Å². The van der Waals surface area contributed by atoms with Crippen molar-refractivity contribution in [1.29, 1.82) is 0 Å². The molecule has 10 nitrogen and oxygen atoms in total. The zero-order chi connectivity index (χ0) is 28.3. The summed E-state index contributed by atoms with van der Waals surface area (Å²) in [5, 5.41) is 0. The molecule has 2 aromatic carbocycles. The number of benzene rings is 2. The van der Waals surface area contributed by atoms with Gasteiger partial charge in [-0.2, -0.15) is 8.61 Å². The highest BCUT2D eigenvalue weighted by atomic mass is 32.2. The van der Waals surface area contributed by atoms with Gasteiger partial charge in [0.1, 0.15) is 10.3 Å². The Morgan fingerprint density at radius 3 is 2.30 bits per heavy atom. The van der Waals surface area contributed by atoms with E-state index in [1.54, 1.807) is 6.07 Å². The molecule has 0 radical (unpaired) electrons. The van der Waals surface area contributed by atoms with Gasteiger partial charge >= 0.3 is 0 Å². The van der Waals surface area contributed by atoms with Crippen LogP contribution in [0.1, 0.15) is 19.3 Å². The van der Waals surface area contributed by atoms with Gasteiger partial charge in [-0.25, -0.2) is 27.2 Å². The molecule has 2 atom stereocenters. The van der Waals surface area contributed by atoms with E-state index in [0.29, 0.717) is 13.0 Å². The third kappa shape index (κ3) is 6.46. The van der Waals surface area contributed by atoms with Gasteiger partial charge in [-0.1, -0.05) is 54.6 Å². The zero-order valence-electron chi connectivity index (χ0n) is 21.9. The molecule has 2 unspecified atom stereocenters. The molecule has 5 rings (SSSR count). The van der Waals surface area contributed by atoms with Crippen LogP contribution in [-0.4, -0.2) is 76.2 Å². The number of ether oxygens (including phenoxy) is 1. The fourth-order valence-electron chi connectivity index (χ4n) is 4.73. The summed E-state index contributed by atoms with van der Waals surface area (Å²) >= 11 is 1.10. The van der Waals surface area contributed by atoms with Crippen molar-refractivity contribution in [3.05, 3.63) is 66.7 Å². The lowest BCUT2D eigenvalue weighted by molar-refractivity contribution is -0.202. The van der Waals surface area contributed by atoms with Crippen molar-refractivity contribution in [3.63, 3.8) is 0 Å². The van der Waals surface area contributed by atoms with Crippen LogP contribution in [0.5, 0.6) is 0 Å². The highest BCUT2D eigenvalue weighted by Crippen LogP contribution is 2.34. The second-order valence-corrected chi connectivity index (χ2v) is 14.9. The average molecular weight is 606 g/mol. The van der Waals surface area contributed by atoms with E-state index >= 15 is 0 Å². The first kappa shape index (κ1) is 28.9. The van der Waals surface area contributed by atoms with Gasteiger partial charge in [-0.15, -0.1) is 11.3 Å². The number of hydrogen-bond donors (Lipinski definition) is 1. The van der Waals surface area contributed by atoms with E-state index in [0.717, 1.165) is 60.6 Å². The number of hydroxylamine groups is 1. The largest absolute Gasteiger partial charge is 0.350 e. The van der Waals surface area contributed by atoms with E-state index < -0.39 is 38.3 Å². The van der Waals surface area contributed by atoms with E-state index in [1.807, 2.05) is 54.6 Å². The van der Waals surface area contributed by atoms with Crippen molar-refractivity contribution in [1.82, 2.24) is 14.1 Å². The van der Waals surface area contributed by atoms with Crippen LogP contribution in [0.15, 0.2) is 70.9 Å². The lowest BCUT2D eigenvalue weighted by Crippen LogP contribution is -2.61. The predicted octanol–water partition coefficient (Wildman–Crippen LogP) is 3.29. The normalized spacial score (nSPS) is 21.2. The Labute approximate surface area is 238 Å². The summed E-state index contributed by atoms with van der Waals surface area (Å²) in [6.45, 7) is -0.0555. The molecule has 214 valence electrons. The summed E-state index contributed by atoms with van der Waals surface area (Å²) in [6, 6.07) is 19.7. The molecule has 2 aliphatic rings. The first-order valence-corrected chi connectivity index (χ1v) is 17.0. The minimum absolute atomic E-state index is 0.0619. The summed E-state index contributed by atoms with van der Waals surface area (Å²) in [6.07, 6.45) is 2.76. The Morgan fingerprint density at radius 2 is 1.62 bits per heavy atom. The number of nitrogens with one attached hydrogen (secondary N) is 1. The number of piperazine rings is 1. The van der Waals surface area contributed by atoms with Gasteiger partial charge < -0.3 is 4.74 Å². The molecule has 2 aliphatic heterocycles. The van der Waals surface area contributed by atoms with E-state index in [9.17, 15) is 21.6 Å². The molecule has 0 saturated carbocycles. The average Bonchev–Trinajstić information content (AvgIpc) is 3.48. The van der Waals surface area contributed by atoms with Crippen LogP contribution in [0.3, 0.4) is 0 Å². The van der Waals surface area contributed by atoms with Crippen molar-refractivity contribution in [2.75, 3.05) is 32.5 Å². The summed E-state index contributed by atoms with van der Waals surface area (Å²) in [7, 11) is -7.77. The SMILES string of the molecule is CS(=O)(=O)N1CCN(S(=O)(=O)c2ccc(-c3ccc(-c4ccccc4)cc3)s2)C(C(=O)NOC2CCCCO2)C1. The van der Waals surface area contributed by atoms with Crippen LogP contribution in [0.2, 0.25) is 0 Å². The predicted molar refractivity (Wildman–Crippen MR) is 152 cm³/mol. The Morgan fingerprint density at radius 1 is 0.925 bits per heavy atom. The lowest BCUT2D eigenvalue weighted by Gasteiger charge is -2.38. The van der Waals surface area contributed by atoms with Crippen molar-refractivity contribution in [3.8, 4) is 21.6 Å². The zero-order valence-corrected chi connectivity index (χ0v) is 24.4. The van der Waals surface area contributed by atoms with E-state index in [-0.39, 0.29) is 23.8 Å². The van der Waals surface area contributed by atoms with Crippen LogP contribution >= 0.6 is 11.3 Å². The van der Waals surface area contributed by atoms with Gasteiger partial charge in [-0.05, 0) is 41.7 Å². The van der Waals surface area contributed by atoms with E-state index in [2.05, 4.69) is 5.48 Å². The first-order valence-electron chi connectivity index (χ1n) is 12.9. The topological polar surface area (TPSA) is 122 Å². The van der Waals surface area contributed by atoms with Gasteiger partial charge in [0.25, 0.3) is 15.9 Å². The Balaban J connectivity index is 1.36. The molecular weight excluding hydrogens is 575 g/mol. The number of rotatable bonds is 8. The van der Waals surface area contributed by atoms with E-state index in [1.165, 1.54) is 6.07 Å². The minimum Gasteiger partial charge on any atom is -0.350 e. The number of hydrogen-bond acceptors (Lipinski definition) is 8. The van der Waals surface area contributed by atoms with Crippen molar-refractivity contribution < 1.29 is 31.2 Å². The van der Waals surface area contributed by atoms with Gasteiger partial charge in [-0.3, -0.25) is 4.79 Å². The maximum atomic E-state index is 13.8. The van der Waals surface area contributed by atoms with Crippen LogP contribution in [0.4, 0.5) is 0 Å².